The first-order chi connectivity index (χ1) is 15.0. The number of hydrogen-bond donors (Lipinski definition) is 0. The van der Waals surface area contributed by atoms with E-state index in [0.717, 1.165) is 33.4 Å². The smallest absolute Gasteiger partial charge is 0.258 e. The lowest BCUT2D eigenvalue weighted by Crippen LogP contribution is -2.28. The second-order valence-electron chi connectivity index (χ2n) is 7.46. The molecule has 1 aliphatic rings. The molecule has 0 N–H and O–H groups in total. The number of benzene rings is 4. The topological polar surface area (TPSA) is 86.3 Å². The van der Waals surface area contributed by atoms with Crippen molar-refractivity contribution in [1.82, 2.24) is 0 Å². The minimum absolute atomic E-state index is 0.0164. The van der Waals surface area contributed by atoms with Crippen LogP contribution in [0, 0.1) is 20.2 Å². The van der Waals surface area contributed by atoms with Crippen LogP contribution < -0.4 is 0 Å². The van der Waals surface area contributed by atoms with Crippen LogP contribution in [0.25, 0.3) is 11.1 Å². The van der Waals surface area contributed by atoms with Crippen molar-refractivity contribution in [2.45, 2.75) is 5.41 Å². The van der Waals surface area contributed by atoms with E-state index in [1.165, 1.54) is 12.1 Å². The van der Waals surface area contributed by atoms with E-state index in [0.29, 0.717) is 0 Å². The van der Waals surface area contributed by atoms with Gasteiger partial charge >= 0.3 is 0 Å². The molecular weight excluding hydrogens is 392 g/mol. The minimum atomic E-state index is -0.911. The molecule has 0 radical (unpaired) electrons. The molecule has 0 fully saturated rings. The Balaban J connectivity index is 1.98. The molecule has 0 bridgehead atoms. The van der Waals surface area contributed by atoms with Crippen LogP contribution in [0.3, 0.4) is 0 Å². The largest absolute Gasteiger partial charge is 0.269 e. The standard InChI is InChI=1S/C25H16N2O4/c28-26(29)19-11-13-21-22-14-12-20(27(30)31)16-24(22)25(23(21)15-19,17-7-3-1-4-8-17)18-9-5-2-6-10-18/h1-16H. The van der Waals surface area contributed by atoms with Gasteiger partial charge in [-0.3, -0.25) is 20.2 Å². The third kappa shape index (κ3) is 2.65. The number of nitro groups is 2. The van der Waals surface area contributed by atoms with Gasteiger partial charge in [0.15, 0.2) is 0 Å². The highest BCUT2D eigenvalue weighted by molar-refractivity contribution is 5.87. The summed E-state index contributed by atoms with van der Waals surface area (Å²) in [5.41, 5.74) is 4.00. The first-order valence-electron chi connectivity index (χ1n) is 9.72. The maximum atomic E-state index is 11.6. The number of hydrogen-bond acceptors (Lipinski definition) is 4. The van der Waals surface area contributed by atoms with Gasteiger partial charge in [-0.15, -0.1) is 0 Å². The third-order valence-corrected chi connectivity index (χ3v) is 5.94. The van der Waals surface area contributed by atoms with Gasteiger partial charge in [-0.05, 0) is 45.5 Å². The summed E-state index contributed by atoms with van der Waals surface area (Å²) in [6.45, 7) is 0. The Morgan fingerprint density at radius 3 is 1.29 bits per heavy atom. The van der Waals surface area contributed by atoms with Crippen LogP contribution in [0.1, 0.15) is 22.3 Å². The summed E-state index contributed by atoms with van der Waals surface area (Å²) in [7, 11) is 0. The molecule has 6 heteroatoms. The summed E-state index contributed by atoms with van der Waals surface area (Å²) in [5.74, 6) is 0. The molecule has 0 aliphatic heterocycles. The van der Waals surface area contributed by atoms with Gasteiger partial charge in [0.1, 0.15) is 0 Å². The van der Waals surface area contributed by atoms with Crippen LogP contribution in [-0.4, -0.2) is 9.85 Å². The summed E-state index contributed by atoms with van der Waals surface area (Å²) >= 11 is 0. The van der Waals surface area contributed by atoms with Crippen LogP contribution in [0.5, 0.6) is 0 Å². The molecule has 6 nitrogen and oxygen atoms in total. The molecule has 0 aromatic heterocycles. The fourth-order valence-electron chi connectivity index (χ4n) is 4.69. The van der Waals surface area contributed by atoms with Crippen molar-refractivity contribution < 1.29 is 9.85 Å². The number of nitro benzene ring substituents is 2. The molecule has 4 aromatic rings. The molecule has 0 spiro atoms. The van der Waals surface area contributed by atoms with E-state index in [-0.39, 0.29) is 11.4 Å². The molecule has 0 atom stereocenters. The lowest BCUT2D eigenvalue weighted by Gasteiger charge is -2.33. The number of non-ortho nitro benzene ring substituents is 2. The monoisotopic (exact) mass is 408 g/mol. The average molecular weight is 408 g/mol. The van der Waals surface area contributed by atoms with E-state index in [9.17, 15) is 20.2 Å². The summed E-state index contributed by atoms with van der Waals surface area (Å²) < 4.78 is 0. The molecule has 4 aromatic carbocycles. The van der Waals surface area contributed by atoms with Crippen LogP contribution in [0.4, 0.5) is 11.4 Å². The lowest BCUT2D eigenvalue weighted by molar-refractivity contribution is -0.385. The van der Waals surface area contributed by atoms with Crippen molar-refractivity contribution in [3.63, 3.8) is 0 Å². The first-order valence-corrected chi connectivity index (χ1v) is 9.72. The lowest BCUT2D eigenvalue weighted by atomic mass is 9.67. The van der Waals surface area contributed by atoms with E-state index in [4.69, 9.17) is 0 Å². The van der Waals surface area contributed by atoms with Gasteiger partial charge in [-0.2, -0.15) is 0 Å². The van der Waals surface area contributed by atoms with Crippen molar-refractivity contribution in [2.24, 2.45) is 0 Å². The van der Waals surface area contributed by atoms with Gasteiger partial charge in [0.25, 0.3) is 11.4 Å². The third-order valence-electron chi connectivity index (χ3n) is 5.94. The SMILES string of the molecule is O=[N+]([O-])c1ccc2c(c1)C(c1ccccc1)(c1ccccc1)c1cc([N+](=O)[O-])ccc1-2. The van der Waals surface area contributed by atoms with E-state index in [1.54, 1.807) is 24.3 Å². The fourth-order valence-corrected chi connectivity index (χ4v) is 4.69. The van der Waals surface area contributed by atoms with E-state index in [2.05, 4.69) is 0 Å². The van der Waals surface area contributed by atoms with Crippen LogP contribution in [0.2, 0.25) is 0 Å². The number of nitrogens with zero attached hydrogens (tertiary/aromatic N) is 2. The van der Waals surface area contributed by atoms with Gasteiger partial charge in [0.05, 0.1) is 15.3 Å². The number of fused-ring (bicyclic) bond motifs is 3. The van der Waals surface area contributed by atoms with Crippen molar-refractivity contribution in [3.05, 3.63) is 140 Å². The minimum Gasteiger partial charge on any atom is -0.258 e. The highest BCUT2D eigenvalue weighted by Gasteiger charge is 2.47. The molecular formula is C25H16N2O4. The molecule has 0 saturated carbocycles. The van der Waals surface area contributed by atoms with Crippen LogP contribution in [0.15, 0.2) is 97.1 Å². The molecule has 0 heterocycles. The zero-order chi connectivity index (χ0) is 21.6. The maximum Gasteiger partial charge on any atom is 0.269 e. The van der Waals surface area contributed by atoms with Gasteiger partial charge in [0.2, 0.25) is 0 Å². The zero-order valence-electron chi connectivity index (χ0n) is 16.3. The first kappa shape index (κ1) is 18.7. The summed E-state index contributed by atoms with van der Waals surface area (Å²) in [4.78, 5) is 22.4. The molecule has 0 saturated heterocycles. The Hall–Kier alpha value is -4.32. The van der Waals surface area contributed by atoms with E-state index in [1.807, 2.05) is 60.7 Å². The van der Waals surface area contributed by atoms with Crippen molar-refractivity contribution in [3.8, 4) is 11.1 Å². The van der Waals surface area contributed by atoms with Gasteiger partial charge in [-0.1, -0.05) is 60.7 Å². The number of rotatable bonds is 4. The highest BCUT2D eigenvalue weighted by atomic mass is 16.6. The van der Waals surface area contributed by atoms with E-state index >= 15 is 0 Å². The Morgan fingerprint density at radius 1 is 0.548 bits per heavy atom. The summed E-state index contributed by atoms with van der Waals surface area (Å²) in [5, 5.41) is 23.2. The summed E-state index contributed by atoms with van der Waals surface area (Å²) in [6, 6.07) is 28.9. The molecule has 150 valence electrons. The Bertz CT molecular complexity index is 1230. The van der Waals surface area contributed by atoms with Crippen LogP contribution >= 0.6 is 0 Å². The Kier molecular flexibility index (Phi) is 4.15. The molecule has 0 amide bonds. The summed E-state index contributed by atoms with van der Waals surface area (Å²) in [6.07, 6.45) is 0. The zero-order valence-corrected chi connectivity index (χ0v) is 16.3. The molecule has 5 rings (SSSR count). The fraction of sp³-hybridized carbons (Fsp3) is 0.0400. The molecule has 31 heavy (non-hydrogen) atoms. The van der Waals surface area contributed by atoms with Crippen molar-refractivity contribution in [2.75, 3.05) is 0 Å². The van der Waals surface area contributed by atoms with Crippen molar-refractivity contribution >= 4 is 11.4 Å². The normalized spacial score (nSPS) is 13.3. The van der Waals surface area contributed by atoms with Gasteiger partial charge < -0.3 is 0 Å². The second kappa shape index (κ2) is 6.88. The average Bonchev–Trinajstić information content (AvgIpc) is 3.10. The predicted octanol–water partition coefficient (Wildman–Crippen LogP) is 5.87. The van der Waals surface area contributed by atoms with Gasteiger partial charge in [-0.25, -0.2) is 0 Å². The van der Waals surface area contributed by atoms with Crippen molar-refractivity contribution in [1.29, 1.82) is 0 Å². The molecule has 0 unspecified atom stereocenters. The highest BCUT2D eigenvalue weighted by Crippen LogP contribution is 2.57. The molecule has 1 aliphatic carbocycles. The van der Waals surface area contributed by atoms with Gasteiger partial charge in [0, 0.05) is 24.3 Å². The Labute approximate surface area is 177 Å². The quantitative estimate of drug-likeness (QED) is 0.275. The Morgan fingerprint density at radius 2 is 0.935 bits per heavy atom. The van der Waals surface area contributed by atoms with E-state index < -0.39 is 15.3 Å². The second-order valence-corrected chi connectivity index (χ2v) is 7.46. The van der Waals surface area contributed by atoms with Crippen LogP contribution in [-0.2, 0) is 5.41 Å². The predicted molar refractivity (Wildman–Crippen MR) is 117 cm³/mol. The maximum absolute atomic E-state index is 11.6.